The van der Waals surface area contributed by atoms with Crippen molar-refractivity contribution in [3.63, 3.8) is 0 Å². The minimum Gasteiger partial charge on any atom is -0.508 e. The number of hydrogen-bond acceptors (Lipinski definition) is 2. The summed E-state index contributed by atoms with van der Waals surface area (Å²) in [5.41, 5.74) is 2.07. The van der Waals surface area contributed by atoms with E-state index in [2.05, 4.69) is 19.9 Å². The van der Waals surface area contributed by atoms with Crippen LogP contribution in [0.4, 0.5) is 0 Å². The van der Waals surface area contributed by atoms with Gasteiger partial charge in [0.25, 0.3) is 0 Å². The Hall–Kier alpha value is -1.96. The normalized spacial score (nSPS) is 11.8. The predicted octanol–water partition coefficient (Wildman–Crippen LogP) is 4.72. The molecule has 0 radical (unpaired) electrons. The van der Waals surface area contributed by atoms with Crippen LogP contribution in [0.3, 0.4) is 0 Å². The second kappa shape index (κ2) is 3.77. The summed E-state index contributed by atoms with van der Waals surface area (Å²) < 4.78 is 5.68. The minimum absolute atomic E-state index is 0.325. The van der Waals surface area contributed by atoms with Crippen LogP contribution in [0.1, 0.15) is 31.1 Å². The van der Waals surface area contributed by atoms with Gasteiger partial charge >= 0.3 is 0 Å². The van der Waals surface area contributed by atoms with Crippen molar-refractivity contribution in [3.05, 3.63) is 41.7 Å². The average Bonchev–Trinajstić information content (AvgIpc) is 2.67. The van der Waals surface area contributed by atoms with Crippen molar-refractivity contribution in [2.45, 2.75) is 26.7 Å². The molecule has 92 valence electrons. The fourth-order valence-electron chi connectivity index (χ4n) is 2.59. The lowest BCUT2D eigenvalue weighted by atomic mass is 9.93. The molecule has 1 aromatic heterocycles. The van der Waals surface area contributed by atoms with E-state index < -0.39 is 0 Å². The Kier molecular flexibility index (Phi) is 2.34. The molecule has 0 unspecified atom stereocenters. The molecule has 2 aromatic carbocycles. The van der Waals surface area contributed by atoms with Crippen LogP contribution >= 0.6 is 0 Å². The first-order valence-electron chi connectivity index (χ1n) is 6.22. The van der Waals surface area contributed by atoms with Crippen LogP contribution in [0, 0.1) is 6.92 Å². The zero-order valence-electron chi connectivity index (χ0n) is 10.8. The van der Waals surface area contributed by atoms with Gasteiger partial charge in [-0.05, 0) is 53.4 Å². The Morgan fingerprint density at radius 1 is 1.11 bits per heavy atom. The van der Waals surface area contributed by atoms with Gasteiger partial charge in [0, 0.05) is 5.39 Å². The maximum absolute atomic E-state index is 9.81. The highest BCUT2D eigenvalue weighted by Gasteiger charge is 2.12. The van der Waals surface area contributed by atoms with E-state index in [1.807, 2.05) is 31.2 Å². The molecule has 0 atom stereocenters. The first-order valence-corrected chi connectivity index (χ1v) is 6.22. The Labute approximate surface area is 106 Å². The molecule has 2 nitrogen and oxygen atoms in total. The van der Waals surface area contributed by atoms with Crippen molar-refractivity contribution in [3.8, 4) is 5.75 Å². The van der Waals surface area contributed by atoms with E-state index in [4.69, 9.17) is 4.42 Å². The molecule has 0 aliphatic carbocycles. The molecule has 0 fully saturated rings. The highest BCUT2D eigenvalue weighted by Crippen LogP contribution is 2.36. The molecule has 0 saturated carbocycles. The van der Waals surface area contributed by atoms with Crippen LogP contribution in [0.15, 0.2) is 34.7 Å². The molecule has 0 bridgehead atoms. The summed E-state index contributed by atoms with van der Waals surface area (Å²) in [6.45, 7) is 6.24. The topological polar surface area (TPSA) is 33.4 Å². The number of benzene rings is 2. The Morgan fingerprint density at radius 3 is 2.61 bits per heavy atom. The van der Waals surface area contributed by atoms with Crippen LogP contribution in [0.25, 0.3) is 21.7 Å². The van der Waals surface area contributed by atoms with Crippen molar-refractivity contribution >= 4 is 21.7 Å². The van der Waals surface area contributed by atoms with Crippen molar-refractivity contribution in [2.24, 2.45) is 0 Å². The van der Waals surface area contributed by atoms with Gasteiger partial charge < -0.3 is 9.52 Å². The lowest BCUT2D eigenvalue weighted by molar-refractivity contribution is 0.475. The summed E-state index contributed by atoms with van der Waals surface area (Å²) in [5, 5.41) is 13.2. The number of hydrogen-bond donors (Lipinski definition) is 1. The zero-order valence-corrected chi connectivity index (χ0v) is 10.8. The minimum atomic E-state index is 0.325. The number of aryl methyl sites for hydroxylation is 1. The fraction of sp³-hybridized carbons (Fsp3) is 0.250. The van der Waals surface area contributed by atoms with E-state index in [0.29, 0.717) is 11.7 Å². The first kappa shape index (κ1) is 11.1. The van der Waals surface area contributed by atoms with Crippen LogP contribution in [-0.2, 0) is 0 Å². The van der Waals surface area contributed by atoms with Crippen molar-refractivity contribution in [1.29, 1.82) is 0 Å². The molecular weight excluding hydrogens is 224 g/mol. The van der Waals surface area contributed by atoms with Gasteiger partial charge in [-0.1, -0.05) is 19.9 Å². The highest BCUT2D eigenvalue weighted by atomic mass is 16.3. The molecule has 18 heavy (non-hydrogen) atoms. The maximum Gasteiger partial charge on any atom is 0.134 e. The third-order valence-electron chi connectivity index (χ3n) is 3.37. The summed E-state index contributed by atoms with van der Waals surface area (Å²) in [5.74, 6) is 1.60. The van der Waals surface area contributed by atoms with Crippen molar-refractivity contribution in [2.75, 3.05) is 0 Å². The number of phenols is 1. The molecule has 1 N–H and O–H groups in total. The second-order valence-electron chi connectivity index (χ2n) is 5.12. The molecule has 0 amide bonds. The summed E-state index contributed by atoms with van der Waals surface area (Å²) in [6.07, 6.45) is 0. The Bertz CT molecular complexity index is 736. The SMILES string of the molecule is Cc1cc2c(ccc3cc(O)cc(C(C)C)c32)o1. The number of fused-ring (bicyclic) bond motifs is 3. The molecule has 2 heteroatoms. The Morgan fingerprint density at radius 2 is 1.89 bits per heavy atom. The fourth-order valence-corrected chi connectivity index (χ4v) is 2.59. The van der Waals surface area contributed by atoms with Crippen LogP contribution < -0.4 is 0 Å². The van der Waals surface area contributed by atoms with Gasteiger partial charge in [-0.15, -0.1) is 0 Å². The first-order chi connectivity index (χ1) is 8.56. The largest absolute Gasteiger partial charge is 0.508 e. The van der Waals surface area contributed by atoms with Gasteiger partial charge in [-0.25, -0.2) is 0 Å². The average molecular weight is 240 g/mol. The maximum atomic E-state index is 9.81. The summed E-state index contributed by atoms with van der Waals surface area (Å²) in [7, 11) is 0. The summed E-state index contributed by atoms with van der Waals surface area (Å²) >= 11 is 0. The van der Waals surface area contributed by atoms with E-state index in [1.54, 1.807) is 0 Å². The number of furan rings is 1. The monoisotopic (exact) mass is 240 g/mol. The molecule has 0 saturated heterocycles. The predicted molar refractivity (Wildman–Crippen MR) is 74.2 cm³/mol. The second-order valence-corrected chi connectivity index (χ2v) is 5.12. The van der Waals surface area contributed by atoms with Crippen LogP contribution in [0.5, 0.6) is 5.75 Å². The quantitative estimate of drug-likeness (QED) is 0.667. The lowest BCUT2D eigenvalue weighted by Crippen LogP contribution is -1.90. The van der Waals surface area contributed by atoms with Crippen molar-refractivity contribution in [1.82, 2.24) is 0 Å². The Balaban J connectivity index is 2.54. The van der Waals surface area contributed by atoms with Gasteiger partial charge in [-0.2, -0.15) is 0 Å². The number of phenolic OH excluding ortho intramolecular Hbond substituents is 1. The van der Waals surface area contributed by atoms with Crippen LogP contribution in [0.2, 0.25) is 0 Å². The van der Waals surface area contributed by atoms with Gasteiger partial charge in [0.15, 0.2) is 0 Å². The van der Waals surface area contributed by atoms with Gasteiger partial charge in [-0.3, -0.25) is 0 Å². The van der Waals surface area contributed by atoms with E-state index in [1.165, 1.54) is 5.39 Å². The number of rotatable bonds is 1. The van der Waals surface area contributed by atoms with Gasteiger partial charge in [0.2, 0.25) is 0 Å². The molecular formula is C16H16O2. The smallest absolute Gasteiger partial charge is 0.134 e. The molecule has 3 rings (SSSR count). The molecule has 0 spiro atoms. The van der Waals surface area contributed by atoms with Gasteiger partial charge in [0.1, 0.15) is 17.1 Å². The standard InChI is InChI=1S/C16H16O2/c1-9(2)13-8-12(17)7-11-4-5-15-14(16(11)13)6-10(3)18-15/h4-9,17H,1-3H3. The molecule has 0 aliphatic heterocycles. The van der Waals surface area contributed by atoms with E-state index in [0.717, 1.165) is 27.7 Å². The third-order valence-corrected chi connectivity index (χ3v) is 3.37. The zero-order chi connectivity index (χ0) is 12.9. The summed E-state index contributed by atoms with van der Waals surface area (Å²) in [4.78, 5) is 0. The summed E-state index contributed by atoms with van der Waals surface area (Å²) in [6, 6.07) is 9.71. The molecule has 3 aromatic rings. The van der Waals surface area contributed by atoms with E-state index in [9.17, 15) is 5.11 Å². The highest BCUT2D eigenvalue weighted by molar-refractivity contribution is 6.08. The third kappa shape index (κ3) is 1.57. The molecule has 0 aliphatic rings. The van der Waals surface area contributed by atoms with E-state index >= 15 is 0 Å². The van der Waals surface area contributed by atoms with Gasteiger partial charge in [0.05, 0.1) is 0 Å². The van der Waals surface area contributed by atoms with Crippen molar-refractivity contribution < 1.29 is 9.52 Å². The number of aromatic hydroxyl groups is 1. The lowest BCUT2D eigenvalue weighted by Gasteiger charge is -2.11. The van der Waals surface area contributed by atoms with E-state index in [-0.39, 0.29) is 0 Å². The van der Waals surface area contributed by atoms with Crippen LogP contribution in [-0.4, -0.2) is 5.11 Å². The molecule has 1 heterocycles.